The Balaban J connectivity index is 1.76. The maximum absolute atomic E-state index is 9.12. The second-order valence-electron chi connectivity index (χ2n) is 4.65. The first-order valence-electron chi connectivity index (χ1n) is 6.67. The van der Waals surface area contributed by atoms with Gasteiger partial charge in [-0.05, 0) is 41.0 Å². The summed E-state index contributed by atoms with van der Waals surface area (Å²) in [6.45, 7) is 6.48. The lowest BCUT2D eigenvalue weighted by Gasteiger charge is -2.27. The van der Waals surface area contributed by atoms with E-state index in [1.165, 1.54) is 0 Å². The third-order valence-corrected chi connectivity index (χ3v) is 3.96. The van der Waals surface area contributed by atoms with Crippen LogP contribution in [0.3, 0.4) is 0 Å². The van der Waals surface area contributed by atoms with Gasteiger partial charge in [0, 0.05) is 37.2 Å². The molecule has 1 aliphatic rings. The summed E-state index contributed by atoms with van der Waals surface area (Å²) in [6.07, 6.45) is 1.09. The third-order valence-electron chi connectivity index (χ3n) is 3.30. The Kier molecular flexibility index (Phi) is 5.64. The monoisotopic (exact) mass is 322 g/mol. The molecule has 0 aromatic heterocycles. The van der Waals surface area contributed by atoms with Gasteiger partial charge in [0.2, 0.25) is 0 Å². The van der Waals surface area contributed by atoms with Crippen LogP contribution in [0.2, 0.25) is 0 Å². The van der Waals surface area contributed by atoms with Gasteiger partial charge in [0.05, 0.1) is 11.3 Å². The Morgan fingerprint density at radius 3 is 2.89 bits per heavy atom. The average molecular weight is 323 g/mol. The van der Waals surface area contributed by atoms with Gasteiger partial charge >= 0.3 is 0 Å². The minimum absolute atomic E-state index is 0.685. The molecule has 2 N–H and O–H groups in total. The van der Waals surface area contributed by atoms with Gasteiger partial charge in [-0.3, -0.25) is 0 Å². The summed E-state index contributed by atoms with van der Waals surface area (Å²) in [5, 5.41) is 15.8. The molecular formula is C14H19BrN4. The van der Waals surface area contributed by atoms with Crippen molar-refractivity contribution in [1.29, 1.82) is 5.26 Å². The quantitative estimate of drug-likeness (QED) is 0.814. The maximum Gasteiger partial charge on any atom is 0.103 e. The molecule has 0 saturated carbocycles. The van der Waals surface area contributed by atoms with Crippen LogP contribution < -0.4 is 10.6 Å². The van der Waals surface area contributed by atoms with Crippen molar-refractivity contribution in [3.05, 3.63) is 28.2 Å². The molecule has 5 heteroatoms. The number of nitrogens with one attached hydrogen (secondary N) is 2. The molecule has 1 saturated heterocycles. The number of hydrogen-bond donors (Lipinski definition) is 2. The first-order valence-corrected chi connectivity index (χ1v) is 7.46. The first-order chi connectivity index (χ1) is 9.31. The van der Waals surface area contributed by atoms with Gasteiger partial charge < -0.3 is 15.5 Å². The smallest absolute Gasteiger partial charge is 0.103 e. The van der Waals surface area contributed by atoms with Crippen LogP contribution in [0.5, 0.6) is 0 Å². The number of halogens is 1. The average Bonchev–Trinajstić information content (AvgIpc) is 2.45. The minimum atomic E-state index is 0.685. The van der Waals surface area contributed by atoms with Crippen LogP contribution in [0.25, 0.3) is 0 Å². The summed E-state index contributed by atoms with van der Waals surface area (Å²) >= 11 is 3.40. The summed E-state index contributed by atoms with van der Waals surface area (Å²) in [7, 11) is 0. The van der Waals surface area contributed by atoms with Gasteiger partial charge in [0.25, 0.3) is 0 Å². The van der Waals surface area contributed by atoms with Gasteiger partial charge in [-0.15, -0.1) is 0 Å². The van der Waals surface area contributed by atoms with Gasteiger partial charge in [-0.1, -0.05) is 6.07 Å². The number of nitriles is 1. The van der Waals surface area contributed by atoms with Crippen LogP contribution in [-0.2, 0) is 0 Å². The molecule has 4 nitrogen and oxygen atoms in total. The molecule has 1 heterocycles. The summed E-state index contributed by atoms with van der Waals surface area (Å²) in [5.41, 5.74) is 1.60. The molecule has 0 aliphatic carbocycles. The van der Waals surface area contributed by atoms with Crippen LogP contribution in [0.4, 0.5) is 5.69 Å². The number of hydrogen-bond acceptors (Lipinski definition) is 4. The molecule has 1 aliphatic heterocycles. The Bertz CT molecular complexity index is 449. The lowest BCUT2D eigenvalue weighted by molar-refractivity contribution is 0.240. The minimum Gasteiger partial charge on any atom is -0.384 e. The summed E-state index contributed by atoms with van der Waals surface area (Å²) in [6, 6.07) is 8.02. The van der Waals surface area contributed by atoms with Crippen LogP contribution in [0, 0.1) is 11.3 Å². The zero-order valence-corrected chi connectivity index (χ0v) is 12.5. The lowest BCUT2D eigenvalue weighted by atomic mass is 10.2. The Morgan fingerprint density at radius 1 is 1.37 bits per heavy atom. The lowest BCUT2D eigenvalue weighted by Crippen LogP contribution is -2.44. The molecule has 19 heavy (non-hydrogen) atoms. The highest BCUT2D eigenvalue weighted by molar-refractivity contribution is 9.10. The number of rotatable bonds is 5. The van der Waals surface area contributed by atoms with Crippen molar-refractivity contribution in [3.8, 4) is 6.07 Å². The van der Waals surface area contributed by atoms with Crippen molar-refractivity contribution in [2.24, 2.45) is 0 Å². The van der Waals surface area contributed by atoms with E-state index in [0.29, 0.717) is 5.56 Å². The molecule has 0 atom stereocenters. The molecule has 0 spiro atoms. The summed E-state index contributed by atoms with van der Waals surface area (Å²) in [5.74, 6) is 0. The fraction of sp³-hybridized carbons (Fsp3) is 0.500. The number of piperazine rings is 1. The van der Waals surface area contributed by atoms with E-state index >= 15 is 0 Å². The van der Waals surface area contributed by atoms with E-state index < -0.39 is 0 Å². The normalized spacial score (nSPS) is 16.0. The van der Waals surface area contributed by atoms with Crippen molar-refractivity contribution in [1.82, 2.24) is 10.2 Å². The SMILES string of the molecule is N#Cc1c(Br)cccc1NCCCN1CCNCC1. The molecule has 0 amide bonds. The fourth-order valence-corrected chi connectivity index (χ4v) is 2.70. The number of benzene rings is 1. The highest BCUT2D eigenvalue weighted by atomic mass is 79.9. The van der Waals surface area contributed by atoms with E-state index in [4.69, 9.17) is 5.26 Å². The zero-order chi connectivity index (χ0) is 13.5. The van der Waals surface area contributed by atoms with Crippen LogP contribution in [0.15, 0.2) is 22.7 Å². The van der Waals surface area contributed by atoms with Gasteiger partial charge in [0.1, 0.15) is 6.07 Å². The molecule has 0 radical (unpaired) electrons. The van der Waals surface area contributed by atoms with E-state index in [1.54, 1.807) is 0 Å². The fourth-order valence-electron chi connectivity index (χ4n) is 2.25. The van der Waals surface area contributed by atoms with Crippen LogP contribution in [0.1, 0.15) is 12.0 Å². The highest BCUT2D eigenvalue weighted by Gasteiger charge is 2.09. The Labute approximate surface area is 122 Å². The Morgan fingerprint density at radius 2 is 2.16 bits per heavy atom. The standard InChI is InChI=1S/C14H19BrN4/c15-13-3-1-4-14(12(13)11-16)18-5-2-8-19-9-6-17-7-10-19/h1,3-4,17-18H,2,5-10H2. The van der Waals surface area contributed by atoms with E-state index in [2.05, 4.69) is 37.5 Å². The summed E-state index contributed by atoms with van der Waals surface area (Å²) < 4.78 is 0.849. The third kappa shape index (κ3) is 4.20. The molecule has 1 aromatic rings. The molecule has 0 bridgehead atoms. The molecule has 1 aromatic carbocycles. The van der Waals surface area contributed by atoms with Crippen molar-refractivity contribution < 1.29 is 0 Å². The predicted octanol–water partition coefficient (Wildman–Crippen LogP) is 2.03. The number of anilines is 1. The molecule has 2 rings (SSSR count). The zero-order valence-electron chi connectivity index (χ0n) is 11.0. The maximum atomic E-state index is 9.12. The molecule has 102 valence electrons. The molecular weight excluding hydrogens is 304 g/mol. The van der Waals surface area contributed by atoms with E-state index in [1.807, 2.05) is 18.2 Å². The van der Waals surface area contributed by atoms with Crippen LogP contribution in [-0.4, -0.2) is 44.2 Å². The van der Waals surface area contributed by atoms with Gasteiger partial charge in [-0.2, -0.15) is 5.26 Å². The van der Waals surface area contributed by atoms with Crippen molar-refractivity contribution in [3.63, 3.8) is 0 Å². The largest absolute Gasteiger partial charge is 0.384 e. The second kappa shape index (κ2) is 7.49. The summed E-state index contributed by atoms with van der Waals surface area (Å²) in [4.78, 5) is 2.48. The van der Waals surface area contributed by atoms with E-state index in [-0.39, 0.29) is 0 Å². The van der Waals surface area contributed by atoms with Gasteiger partial charge in [0.15, 0.2) is 0 Å². The van der Waals surface area contributed by atoms with Crippen molar-refractivity contribution in [2.75, 3.05) is 44.6 Å². The topological polar surface area (TPSA) is 51.1 Å². The van der Waals surface area contributed by atoms with E-state index in [0.717, 1.165) is 55.8 Å². The Hall–Kier alpha value is -1.09. The predicted molar refractivity (Wildman–Crippen MR) is 81.3 cm³/mol. The first kappa shape index (κ1) is 14.3. The van der Waals surface area contributed by atoms with E-state index in [9.17, 15) is 0 Å². The van der Waals surface area contributed by atoms with Gasteiger partial charge in [-0.25, -0.2) is 0 Å². The van der Waals surface area contributed by atoms with Crippen LogP contribution >= 0.6 is 15.9 Å². The van der Waals surface area contributed by atoms with Crippen molar-refractivity contribution in [2.45, 2.75) is 6.42 Å². The highest BCUT2D eigenvalue weighted by Crippen LogP contribution is 2.23. The second-order valence-corrected chi connectivity index (χ2v) is 5.50. The van der Waals surface area contributed by atoms with Crippen molar-refractivity contribution >= 4 is 21.6 Å². The molecule has 0 unspecified atom stereocenters. The molecule has 1 fully saturated rings. The number of nitrogens with zero attached hydrogens (tertiary/aromatic N) is 2.